The van der Waals surface area contributed by atoms with Crippen LogP contribution in [0.25, 0.3) is 0 Å². The van der Waals surface area contributed by atoms with Crippen LogP contribution in [0.3, 0.4) is 0 Å². The van der Waals surface area contributed by atoms with Crippen molar-refractivity contribution >= 4 is 11.4 Å². The SMILES string of the molecule is CC(C)CCCNc1ccc(N(C)C)cc1. The molecular weight excluding hydrogens is 196 g/mol. The summed E-state index contributed by atoms with van der Waals surface area (Å²) in [5, 5.41) is 3.45. The van der Waals surface area contributed by atoms with Crippen LogP contribution >= 0.6 is 0 Å². The first-order valence-corrected chi connectivity index (χ1v) is 6.11. The number of anilines is 2. The van der Waals surface area contributed by atoms with Crippen LogP contribution in [-0.2, 0) is 0 Å². The van der Waals surface area contributed by atoms with Crippen LogP contribution in [0.15, 0.2) is 24.3 Å². The van der Waals surface area contributed by atoms with Gasteiger partial charge in [-0.2, -0.15) is 0 Å². The highest BCUT2D eigenvalue weighted by Crippen LogP contribution is 2.15. The Morgan fingerprint density at radius 3 is 2.25 bits per heavy atom. The summed E-state index contributed by atoms with van der Waals surface area (Å²) in [7, 11) is 4.12. The fourth-order valence-electron chi connectivity index (χ4n) is 1.62. The van der Waals surface area contributed by atoms with Crippen molar-refractivity contribution in [1.29, 1.82) is 0 Å². The van der Waals surface area contributed by atoms with E-state index in [0.29, 0.717) is 0 Å². The molecule has 90 valence electrons. The third-order valence-electron chi connectivity index (χ3n) is 2.67. The normalized spacial score (nSPS) is 10.6. The third-order valence-corrected chi connectivity index (χ3v) is 2.67. The number of hydrogen-bond acceptors (Lipinski definition) is 2. The average Bonchev–Trinajstić information content (AvgIpc) is 2.25. The van der Waals surface area contributed by atoms with Crippen LogP contribution < -0.4 is 10.2 Å². The Hall–Kier alpha value is -1.18. The Bertz CT molecular complexity index is 288. The largest absolute Gasteiger partial charge is 0.385 e. The zero-order chi connectivity index (χ0) is 12.0. The summed E-state index contributed by atoms with van der Waals surface area (Å²) in [4.78, 5) is 2.11. The van der Waals surface area contributed by atoms with Crippen molar-refractivity contribution in [2.45, 2.75) is 26.7 Å². The molecule has 1 aromatic carbocycles. The molecule has 0 unspecified atom stereocenters. The molecule has 0 heterocycles. The van der Waals surface area contributed by atoms with E-state index >= 15 is 0 Å². The molecule has 0 aliphatic heterocycles. The minimum absolute atomic E-state index is 0.804. The van der Waals surface area contributed by atoms with Crippen molar-refractivity contribution in [1.82, 2.24) is 0 Å². The Morgan fingerprint density at radius 1 is 1.12 bits per heavy atom. The van der Waals surface area contributed by atoms with Gasteiger partial charge in [-0.1, -0.05) is 13.8 Å². The monoisotopic (exact) mass is 220 g/mol. The van der Waals surface area contributed by atoms with Gasteiger partial charge < -0.3 is 10.2 Å². The minimum Gasteiger partial charge on any atom is -0.385 e. The van der Waals surface area contributed by atoms with Crippen LogP contribution in [-0.4, -0.2) is 20.6 Å². The first-order chi connectivity index (χ1) is 7.59. The molecule has 1 aromatic rings. The highest BCUT2D eigenvalue weighted by molar-refractivity contribution is 5.54. The van der Waals surface area contributed by atoms with Crippen LogP contribution in [0.2, 0.25) is 0 Å². The number of nitrogens with zero attached hydrogens (tertiary/aromatic N) is 1. The lowest BCUT2D eigenvalue weighted by atomic mass is 10.1. The van der Waals surface area contributed by atoms with Gasteiger partial charge in [-0.3, -0.25) is 0 Å². The smallest absolute Gasteiger partial charge is 0.0362 e. The predicted octanol–water partition coefficient (Wildman–Crippen LogP) is 3.60. The quantitative estimate of drug-likeness (QED) is 0.737. The maximum atomic E-state index is 3.45. The van der Waals surface area contributed by atoms with Gasteiger partial charge in [0.1, 0.15) is 0 Å². The van der Waals surface area contributed by atoms with Gasteiger partial charge in [0.2, 0.25) is 0 Å². The van der Waals surface area contributed by atoms with E-state index in [0.717, 1.165) is 12.5 Å². The fourth-order valence-corrected chi connectivity index (χ4v) is 1.62. The highest BCUT2D eigenvalue weighted by Gasteiger charge is 1.96. The summed E-state index contributed by atoms with van der Waals surface area (Å²) in [5.41, 5.74) is 2.46. The topological polar surface area (TPSA) is 15.3 Å². The standard InChI is InChI=1S/C14H24N2/c1-12(2)6-5-11-15-13-7-9-14(10-8-13)16(3)4/h7-10,12,15H,5-6,11H2,1-4H3. The molecule has 0 aliphatic rings. The van der Waals surface area contributed by atoms with E-state index in [4.69, 9.17) is 0 Å². The summed E-state index contributed by atoms with van der Waals surface area (Å²) in [6, 6.07) is 8.57. The number of rotatable bonds is 6. The van der Waals surface area contributed by atoms with Crippen LogP contribution in [0.4, 0.5) is 11.4 Å². The predicted molar refractivity (Wildman–Crippen MR) is 73.3 cm³/mol. The van der Waals surface area contributed by atoms with Crippen LogP contribution in [0, 0.1) is 5.92 Å². The summed E-state index contributed by atoms with van der Waals surface area (Å²) in [6.07, 6.45) is 2.54. The second-order valence-corrected chi connectivity index (χ2v) is 4.90. The fraction of sp³-hybridized carbons (Fsp3) is 0.571. The molecule has 0 saturated carbocycles. The number of nitrogens with one attached hydrogen (secondary N) is 1. The van der Waals surface area contributed by atoms with E-state index in [-0.39, 0.29) is 0 Å². The Morgan fingerprint density at radius 2 is 1.75 bits per heavy atom. The molecule has 0 bridgehead atoms. The van der Waals surface area contributed by atoms with Gasteiger partial charge in [0, 0.05) is 32.0 Å². The lowest BCUT2D eigenvalue weighted by Gasteiger charge is -2.13. The molecule has 0 fully saturated rings. The Balaban J connectivity index is 2.32. The summed E-state index contributed by atoms with van der Waals surface area (Å²) < 4.78 is 0. The van der Waals surface area contributed by atoms with Crippen molar-refractivity contribution in [3.8, 4) is 0 Å². The molecule has 0 spiro atoms. The van der Waals surface area contributed by atoms with Gasteiger partial charge in [-0.15, -0.1) is 0 Å². The molecule has 1 rings (SSSR count). The van der Waals surface area contributed by atoms with E-state index in [1.807, 2.05) is 0 Å². The first-order valence-electron chi connectivity index (χ1n) is 6.11. The molecular formula is C14H24N2. The van der Waals surface area contributed by atoms with Crippen molar-refractivity contribution < 1.29 is 0 Å². The molecule has 2 heteroatoms. The Kier molecular flexibility index (Phi) is 5.17. The molecule has 1 N–H and O–H groups in total. The lowest BCUT2D eigenvalue weighted by molar-refractivity contribution is 0.567. The molecule has 16 heavy (non-hydrogen) atoms. The van der Waals surface area contributed by atoms with E-state index in [1.54, 1.807) is 0 Å². The lowest BCUT2D eigenvalue weighted by Crippen LogP contribution is -2.08. The first kappa shape index (κ1) is 12.9. The zero-order valence-electron chi connectivity index (χ0n) is 11.0. The van der Waals surface area contributed by atoms with Gasteiger partial charge in [-0.25, -0.2) is 0 Å². The van der Waals surface area contributed by atoms with Crippen molar-refractivity contribution in [3.05, 3.63) is 24.3 Å². The van der Waals surface area contributed by atoms with Crippen molar-refractivity contribution in [2.24, 2.45) is 5.92 Å². The minimum atomic E-state index is 0.804. The number of hydrogen-bond donors (Lipinski definition) is 1. The van der Waals surface area contributed by atoms with Gasteiger partial charge >= 0.3 is 0 Å². The van der Waals surface area contributed by atoms with Crippen LogP contribution in [0.1, 0.15) is 26.7 Å². The van der Waals surface area contributed by atoms with E-state index in [2.05, 4.69) is 62.4 Å². The van der Waals surface area contributed by atoms with Gasteiger partial charge in [0.15, 0.2) is 0 Å². The Labute approximate surface area is 99.7 Å². The molecule has 0 saturated heterocycles. The summed E-state index contributed by atoms with van der Waals surface area (Å²) in [5.74, 6) is 0.804. The maximum absolute atomic E-state index is 3.45. The molecule has 0 atom stereocenters. The van der Waals surface area contributed by atoms with E-state index in [9.17, 15) is 0 Å². The molecule has 0 amide bonds. The van der Waals surface area contributed by atoms with E-state index in [1.165, 1.54) is 24.2 Å². The van der Waals surface area contributed by atoms with Gasteiger partial charge in [0.05, 0.1) is 0 Å². The summed E-state index contributed by atoms with van der Waals surface area (Å²) >= 11 is 0. The molecule has 0 aliphatic carbocycles. The highest BCUT2D eigenvalue weighted by atomic mass is 15.1. The third kappa shape index (κ3) is 4.56. The average molecular weight is 220 g/mol. The second kappa shape index (κ2) is 6.41. The molecule has 2 nitrogen and oxygen atoms in total. The summed E-state index contributed by atoms with van der Waals surface area (Å²) in [6.45, 7) is 5.61. The van der Waals surface area contributed by atoms with Crippen molar-refractivity contribution in [2.75, 3.05) is 30.9 Å². The van der Waals surface area contributed by atoms with Crippen molar-refractivity contribution in [3.63, 3.8) is 0 Å². The van der Waals surface area contributed by atoms with Crippen LogP contribution in [0.5, 0.6) is 0 Å². The number of benzene rings is 1. The zero-order valence-corrected chi connectivity index (χ0v) is 11.0. The van der Waals surface area contributed by atoms with Gasteiger partial charge in [0.25, 0.3) is 0 Å². The molecule has 0 aromatic heterocycles. The second-order valence-electron chi connectivity index (χ2n) is 4.90. The van der Waals surface area contributed by atoms with Gasteiger partial charge in [-0.05, 0) is 43.0 Å². The van der Waals surface area contributed by atoms with E-state index < -0.39 is 0 Å². The molecule has 0 radical (unpaired) electrons. The maximum Gasteiger partial charge on any atom is 0.0362 e.